The Balaban J connectivity index is 1.65. The van der Waals surface area contributed by atoms with Crippen LogP contribution in [0.1, 0.15) is 5.56 Å². The van der Waals surface area contributed by atoms with Crippen LogP contribution in [-0.2, 0) is 6.61 Å². The van der Waals surface area contributed by atoms with Gasteiger partial charge in [-0.25, -0.2) is 0 Å². The Bertz CT molecular complexity index is 595. The van der Waals surface area contributed by atoms with Crippen LogP contribution in [0.25, 0.3) is 0 Å². The lowest BCUT2D eigenvalue weighted by molar-refractivity contribution is 0.305. The number of hydrogen-bond acceptors (Lipinski definition) is 4. The molecule has 0 bridgehead atoms. The molecule has 1 aliphatic rings. The van der Waals surface area contributed by atoms with Gasteiger partial charge in [0, 0.05) is 37.9 Å². The van der Waals surface area contributed by atoms with Crippen molar-refractivity contribution in [3.63, 3.8) is 0 Å². The molecule has 2 aromatic carbocycles. The molecule has 0 unspecified atom stereocenters. The Hall–Kier alpha value is -2.20. The number of ether oxygens (including phenoxy) is 1. The second kappa shape index (κ2) is 6.50. The maximum absolute atomic E-state index is 9.46. The second-order valence-corrected chi connectivity index (χ2v) is 5.19. The fourth-order valence-electron chi connectivity index (χ4n) is 2.51. The molecule has 0 spiro atoms. The van der Waals surface area contributed by atoms with E-state index >= 15 is 0 Å². The minimum Gasteiger partial charge on any atom is -0.508 e. The lowest BCUT2D eigenvalue weighted by atomic mass is 10.2. The Labute approximate surface area is 125 Å². The molecule has 0 aliphatic carbocycles. The van der Waals surface area contributed by atoms with Crippen molar-refractivity contribution in [1.29, 1.82) is 0 Å². The number of nitrogens with one attached hydrogen (secondary N) is 1. The van der Waals surface area contributed by atoms with Crippen molar-refractivity contribution < 1.29 is 9.84 Å². The summed E-state index contributed by atoms with van der Waals surface area (Å²) in [4.78, 5) is 2.36. The molecule has 1 fully saturated rings. The summed E-state index contributed by atoms with van der Waals surface area (Å²) in [5.74, 6) is 1.13. The molecule has 0 atom stereocenters. The second-order valence-electron chi connectivity index (χ2n) is 5.19. The first-order valence-corrected chi connectivity index (χ1v) is 7.28. The molecular formula is C17H20N2O2. The van der Waals surface area contributed by atoms with Crippen LogP contribution in [0.15, 0.2) is 48.5 Å². The van der Waals surface area contributed by atoms with Crippen LogP contribution in [-0.4, -0.2) is 31.3 Å². The van der Waals surface area contributed by atoms with E-state index < -0.39 is 0 Å². The van der Waals surface area contributed by atoms with Crippen molar-refractivity contribution in [2.45, 2.75) is 6.61 Å². The van der Waals surface area contributed by atoms with Crippen LogP contribution < -0.4 is 15.0 Å². The zero-order chi connectivity index (χ0) is 14.5. The monoisotopic (exact) mass is 284 g/mol. The molecule has 2 aromatic rings. The molecule has 1 aliphatic heterocycles. The first-order chi connectivity index (χ1) is 10.3. The van der Waals surface area contributed by atoms with Gasteiger partial charge in [-0.15, -0.1) is 0 Å². The molecule has 2 N–H and O–H groups in total. The number of piperazine rings is 1. The molecule has 4 heteroatoms. The van der Waals surface area contributed by atoms with Crippen molar-refractivity contribution in [1.82, 2.24) is 5.32 Å². The Morgan fingerprint density at radius 1 is 1.05 bits per heavy atom. The van der Waals surface area contributed by atoms with Crippen molar-refractivity contribution in [2.24, 2.45) is 0 Å². The summed E-state index contributed by atoms with van der Waals surface area (Å²) in [6.45, 7) is 4.55. The SMILES string of the molecule is Oc1cccc(COc2cccc(N3CCNCC3)c2)c1. The molecule has 3 rings (SSSR count). The Kier molecular flexibility index (Phi) is 4.26. The van der Waals surface area contributed by atoms with Gasteiger partial charge in [-0.3, -0.25) is 0 Å². The quantitative estimate of drug-likeness (QED) is 0.905. The summed E-state index contributed by atoms with van der Waals surface area (Å²) in [6.07, 6.45) is 0. The average Bonchev–Trinajstić information content (AvgIpc) is 2.54. The normalized spacial score (nSPS) is 15.0. The molecular weight excluding hydrogens is 264 g/mol. The third-order valence-electron chi connectivity index (χ3n) is 3.62. The maximum Gasteiger partial charge on any atom is 0.121 e. The molecule has 1 heterocycles. The largest absolute Gasteiger partial charge is 0.508 e. The minimum atomic E-state index is 0.269. The van der Waals surface area contributed by atoms with Crippen LogP contribution in [0.3, 0.4) is 0 Å². The molecule has 4 nitrogen and oxygen atoms in total. The van der Waals surface area contributed by atoms with E-state index in [2.05, 4.69) is 22.3 Å². The molecule has 1 saturated heterocycles. The number of rotatable bonds is 4. The van der Waals surface area contributed by atoms with Crippen LogP contribution in [0.4, 0.5) is 5.69 Å². The predicted molar refractivity (Wildman–Crippen MR) is 84.0 cm³/mol. The number of phenols is 1. The smallest absolute Gasteiger partial charge is 0.121 e. The van der Waals surface area contributed by atoms with Gasteiger partial charge in [-0.2, -0.15) is 0 Å². The highest BCUT2D eigenvalue weighted by Gasteiger charge is 2.10. The molecule has 21 heavy (non-hydrogen) atoms. The fourth-order valence-corrected chi connectivity index (χ4v) is 2.51. The standard InChI is InChI=1S/C17H20N2O2/c20-16-5-1-3-14(11-16)13-21-17-6-2-4-15(12-17)19-9-7-18-8-10-19/h1-6,11-12,18,20H,7-10,13H2. The van der Waals surface area contributed by atoms with Gasteiger partial charge < -0.3 is 20.1 Å². The van der Waals surface area contributed by atoms with Crippen molar-refractivity contribution in [3.05, 3.63) is 54.1 Å². The summed E-state index contributed by atoms with van der Waals surface area (Å²) in [7, 11) is 0. The average molecular weight is 284 g/mol. The first kappa shape index (κ1) is 13.8. The lowest BCUT2D eigenvalue weighted by Crippen LogP contribution is -2.43. The Morgan fingerprint density at radius 2 is 1.86 bits per heavy atom. The van der Waals surface area contributed by atoms with Crippen LogP contribution >= 0.6 is 0 Å². The highest BCUT2D eigenvalue weighted by molar-refractivity contribution is 5.51. The molecule has 0 saturated carbocycles. The minimum absolute atomic E-state index is 0.269. The van der Waals surface area contributed by atoms with Gasteiger partial charge in [-0.05, 0) is 29.8 Å². The van der Waals surface area contributed by atoms with E-state index in [1.807, 2.05) is 24.3 Å². The van der Waals surface area contributed by atoms with E-state index in [1.165, 1.54) is 5.69 Å². The zero-order valence-electron chi connectivity index (χ0n) is 12.0. The van der Waals surface area contributed by atoms with E-state index in [4.69, 9.17) is 4.74 Å². The van der Waals surface area contributed by atoms with E-state index in [-0.39, 0.29) is 5.75 Å². The summed E-state index contributed by atoms with van der Waals surface area (Å²) in [5.41, 5.74) is 2.16. The van der Waals surface area contributed by atoms with Gasteiger partial charge in [0.05, 0.1) is 0 Å². The molecule has 0 aromatic heterocycles. The number of aromatic hydroxyl groups is 1. The van der Waals surface area contributed by atoms with Crippen molar-refractivity contribution in [3.8, 4) is 11.5 Å². The van der Waals surface area contributed by atoms with Gasteiger partial charge >= 0.3 is 0 Å². The van der Waals surface area contributed by atoms with Crippen molar-refractivity contribution in [2.75, 3.05) is 31.1 Å². The fraction of sp³-hybridized carbons (Fsp3) is 0.294. The van der Waals surface area contributed by atoms with Gasteiger partial charge in [0.2, 0.25) is 0 Å². The lowest BCUT2D eigenvalue weighted by Gasteiger charge is -2.29. The van der Waals surface area contributed by atoms with Crippen molar-refractivity contribution >= 4 is 5.69 Å². The summed E-state index contributed by atoms with van der Waals surface area (Å²) in [5, 5.41) is 12.8. The number of phenolic OH excluding ortho intramolecular Hbond substituents is 1. The zero-order valence-corrected chi connectivity index (χ0v) is 12.0. The van der Waals surface area contributed by atoms with Gasteiger partial charge in [-0.1, -0.05) is 18.2 Å². The number of anilines is 1. The number of hydrogen-bond donors (Lipinski definition) is 2. The highest BCUT2D eigenvalue weighted by Crippen LogP contribution is 2.22. The van der Waals surface area contributed by atoms with Gasteiger partial charge in [0.15, 0.2) is 0 Å². The predicted octanol–water partition coefficient (Wildman–Crippen LogP) is 2.38. The molecule has 0 amide bonds. The molecule has 110 valence electrons. The topological polar surface area (TPSA) is 44.7 Å². The van der Waals surface area contributed by atoms with Gasteiger partial charge in [0.1, 0.15) is 18.1 Å². The van der Waals surface area contributed by atoms with E-state index in [0.29, 0.717) is 6.61 Å². The third-order valence-corrected chi connectivity index (χ3v) is 3.62. The summed E-state index contributed by atoms with van der Waals surface area (Å²) in [6, 6.07) is 15.3. The van der Waals surface area contributed by atoms with E-state index in [1.54, 1.807) is 12.1 Å². The highest BCUT2D eigenvalue weighted by atomic mass is 16.5. The summed E-state index contributed by atoms with van der Waals surface area (Å²) < 4.78 is 5.83. The van der Waals surface area contributed by atoms with E-state index in [0.717, 1.165) is 37.5 Å². The van der Waals surface area contributed by atoms with Crippen LogP contribution in [0, 0.1) is 0 Å². The van der Waals surface area contributed by atoms with Crippen LogP contribution in [0.5, 0.6) is 11.5 Å². The number of nitrogens with zero attached hydrogens (tertiary/aromatic N) is 1. The number of benzene rings is 2. The van der Waals surface area contributed by atoms with Gasteiger partial charge in [0.25, 0.3) is 0 Å². The maximum atomic E-state index is 9.46. The van der Waals surface area contributed by atoms with Crippen LogP contribution in [0.2, 0.25) is 0 Å². The first-order valence-electron chi connectivity index (χ1n) is 7.28. The van der Waals surface area contributed by atoms with E-state index in [9.17, 15) is 5.11 Å². The summed E-state index contributed by atoms with van der Waals surface area (Å²) >= 11 is 0. The third kappa shape index (κ3) is 3.67. The molecule has 0 radical (unpaired) electrons. The Morgan fingerprint density at radius 3 is 2.67 bits per heavy atom.